The standard InChI is InChI=1S/C15H13F3O2/c1-10-5-2-3-8-13(10)14(19)11-6-4-7-12(9-11)20-15(16,17)18/h2-9,14,19H,1H3. The van der Waals surface area contributed by atoms with Crippen molar-refractivity contribution in [1.82, 2.24) is 0 Å². The molecule has 1 N–H and O–H groups in total. The second-order valence-corrected chi connectivity index (χ2v) is 4.38. The van der Waals surface area contributed by atoms with Gasteiger partial charge in [0.15, 0.2) is 0 Å². The van der Waals surface area contributed by atoms with Crippen LogP contribution in [0.3, 0.4) is 0 Å². The molecule has 0 heterocycles. The molecule has 1 unspecified atom stereocenters. The number of aliphatic hydroxyl groups excluding tert-OH is 1. The van der Waals surface area contributed by atoms with Gasteiger partial charge in [-0.3, -0.25) is 0 Å². The Morgan fingerprint density at radius 2 is 1.75 bits per heavy atom. The van der Waals surface area contributed by atoms with E-state index in [1.807, 2.05) is 19.1 Å². The van der Waals surface area contributed by atoms with Crippen LogP contribution in [0.15, 0.2) is 48.5 Å². The number of halogens is 3. The van der Waals surface area contributed by atoms with Crippen LogP contribution in [0.4, 0.5) is 13.2 Å². The summed E-state index contributed by atoms with van der Waals surface area (Å²) in [5.41, 5.74) is 1.86. The van der Waals surface area contributed by atoms with Gasteiger partial charge in [0, 0.05) is 0 Å². The van der Waals surface area contributed by atoms with Crippen molar-refractivity contribution in [2.75, 3.05) is 0 Å². The van der Waals surface area contributed by atoms with Crippen molar-refractivity contribution < 1.29 is 23.0 Å². The molecule has 0 fully saturated rings. The van der Waals surface area contributed by atoms with Crippen molar-refractivity contribution in [3.63, 3.8) is 0 Å². The van der Waals surface area contributed by atoms with E-state index in [0.717, 1.165) is 5.56 Å². The molecule has 2 aromatic rings. The molecule has 0 aliphatic heterocycles. The van der Waals surface area contributed by atoms with Gasteiger partial charge in [0.1, 0.15) is 11.9 Å². The van der Waals surface area contributed by atoms with E-state index in [1.165, 1.54) is 18.2 Å². The zero-order chi connectivity index (χ0) is 14.8. The van der Waals surface area contributed by atoms with Gasteiger partial charge < -0.3 is 9.84 Å². The summed E-state index contributed by atoms with van der Waals surface area (Å²) in [6.45, 7) is 1.83. The lowest BCUT2D eigenvalue weighted by Gasteiger charge is -2.15. The summed E-state index contributed by atoms with van der Waals surface area (Å²) >= 11 is 0. The molecule has 2 aromatic carbocycles. The van der Waals surface area contributed by atoms with E-state index in [0.29, 0.717) is 11.1 Å². The van der Waals surface area contributed by atoms with Crippen LogP contribution >= 0.6 is 0 Å². The van der Waals surface area contributed by atoms with Crippen LogP contribution < -0.4 is 4.74 Å². The van der Waals surface area contributed by atoms with Crippen LogP contribution in [0, 0.1) is 6.92 Å². The lowest BCUT2D eigenvalue weighted by molar-refractivity contribution is -0.274. The van der Waals surface area contributed by atoms with E-state index < -0.39 is 12.5 Å². The number of rotatable bonds is 3. The zero-order valence-corrected chi connectivity index (χ0v) is 10.7. The number of aryl methyl sites for hydroxylation is 1. The Balaban J connectivity index is 2.29. The molecule has 2 nitrogen and oxygen atoms in total. The summed E-state index contributed by atoms with van der Waals surface area (Å²) in [7, 11) is 0. The Morgan fingerprint density at radius 3 is 2.40 bits per heavy atom. The maximum Gasteiger partial charge on any atom is 0.573 e. The molecule has 0 saturated carbocycles. The van der Waals surface area contributed by atoms with Crippen LogP contribution in [-0.4, -0.2) is 11.5 Å². The van der Waals surface area contributed by atoms with Gasteiger partial charge >= 0.3 is 6.36 Å². The van der Waals surface area contributed by atoms with Gasteiger partial charge in [-0.15, -0.1) is 13.2 Å². The van der Waals surface area contributed by atoms with Crippen molar-refractivity contribution in [3.8, 4) is 5.75 Å². The third-order valence-electron chi connectivity index (χ3n) is 2.89. The SMILES string of the molecule is Cc1ccccc1C(O)c1cccc(OC(F)(F)F)c1. The minimum Gasteiger partial charge on any atom is -0.406 e. The molecule has 1 atom stereocenters. The first-order valence-electron chi connectivity index (χ1n) is 5.96. The fraction of sp³-hybridized carbons (Fsp3) is 0.200. The molecule has 106 valence electrons. The lowest BCUT2D eigenvalue weighted by Crippen LogP contribution is -2.17. The molecule has 2 rings (SSSR count). The second kappa shape index (κ2) is 5.54. The fourth-order valence-corrected chi connectivity index (χ4v) is 1.95. The average Bonchev–Trinajstić information content (AvgIpc) is 2.37. The van der Waals surface area contributed by atoms with Crippen molar-refractivity contribution >= 4 is 0 Å². The minimum atomic E-state index is -4.74. The summed E-state index contributed by atoms with van der Waals surface area (Å²) < 4.78 is 40.4. The Bertz CT molecular complexity index is 594. The van der Waals surface area contributed by atoms with Gasteiger partial charge in [0.2, 0.25) is 0 Å². The Kier molecular flexibility index (Phi) is 3.99. The molecule has 0 bridgehead atoms. The monoisotopic (exact) mass is 282 g/mol. The van der Waals surface area contributed by atoms with Crippen LogP contribution in [0.1, 0.15) is 22.8 Å². The van der Waals surface area contributed by atoms with Crippen LogP contribution in [0.5, 0.6) is 5.75 Å². The first-order chi connectivity index (χ1) is 9.37. The van der Waals surface area contributed by atoms with Gasteiger partial charge in [-0.1, -0.05) is 36.4 Å². The van der Waals surface area contributed by atoms with Crippen molar-refractivity contribution in [3.05, 3.63) is 65.2 Å². The topological polar surface area (TPSA) is 29.5 Å². The minimum absolute atomic E-state index is 0.345. The van der Waals surface area contributed by atoms with E-state index >= 15 is 0 Å². The lowest BCUT2D eigenvalue weighted by atomic mass is 9.97. The fourth-order valence-electron chi connectivity index (χ4n) is 1.95. The predicted octanol–water partition coefficient (Wildman–Crippen LogP) is 3.98. The molecule has 0 saturated heterocycles. The highest BCUT2D eigenvalue weighted by Crippen LogP contribution is 2.29. The first kappa shape index (κ1) is 14.4. The molecular weight excluding hydrogens is 269 g/mol. The molecule has 0 aliphatic rings. The number of alkyl halides is 3. The van der Waals surface area contributed by atoms with Gasteiger partial charge in [-0.25, -0.2) is 0 Å². The number of hydrogen-bond donors (Lipinski definition) is 1. The Morgan fingerprint density at radius 1 is 1.05 bits per heavy atom. The second-order valence-electron chi connectivity index (χ2n) is 4.38. The van der Waals surface area contributed by atoms with Gasteiger partial charge in [0.25, 0.3) is 0 Å². The number of hydrogen-bond acceptors (Lipinski definition) is 2. The maximum absolute atomic E-state index is 12.2. The summed E-state index contributed by atoms with van der Waals surface area (Å²) in [6.07, 6.45) is -5.74. The molecule has 5 heteroatoms. The van der Waals surface area contributed by atoms with Gasteiger partial charge in [-0.2, -0.15) is 0 Å². The van der Waals surface area contributed by atoms with E-state index in [1.54, 1.807) is 18.2 Å². The van der Waals surface area contributed by atoms with Gasteiger partial charge in [0.05, 0.1) is 0 Å². The van der Waals surface area contributed by atoms with E-state index in [4.69, 9.17) is 0 Å². The van der Waals surface area contributed by atoms with Crippen LogP contribution in [0.2, 0.25) is 0 Å². The number of ether oxygens (including phenoxy) is 1. The summed E-state index contributed by atoms with van der Waals surface area (Å²) in [5.74, 6) is -0.345. The van der Waals surface area contributed by atoms with Crippen LogP contribution in [0.25, 0.3) is 0 Å². The van der Waals surface area contributed by atoms with Crippen molar-refractivity contribution in [2.45, 2.75) is 19.4 Å². The average molecular weight is 282 g/mol. The molecule has 0 aromatic heterocycles. The normalized spacial score (nSPS) is 13.1. The molecule has 0 aliphatic carbocycles. The highest BCUT2D eigenvalue weighted by atomic mass is 19.4. The molecular formula is C15H13F3O2. The van der Waals surface area contributed by atoms with Crippen molar-refractivity contribution in [2.24, 2.45) is 0 Å². The molecule has 20 heavy (non-hydrogen) atoms. The highest BCUT2D eigenvalue weighted by Gasteiger charge is 2.31. The largest absolute Gasteiger partial charge is 0.573 e. The smallest absolute Gasteiger partial charge is 0.406 e. The highest BCUT2D eigenvalue weighted by molar-refractivity contribution is 5.38. The van der Waals surface area contributed by atoms with E-state index in [-0.39, 0.29) is 5.75 Å². The molecule has 0 amide bonds. The van der Waals surface area contributed by atoms with E-state index in [2.05, 4.69) is 4.74 Å². The summed E-state index contributed by atoms with van der Waals surface area (Å²) in [6, 6.07) is 12.5. The predicted molar refractivity (Wildman–Crippen MR) is 68.4 cm³/mol. The van der Waals surface area contributed by atoms with Crippen LogP contribution in [-0.2, 0) is 0 Å². The maximum atomic E-state index is 12.2. The third-order valence-corrected chi connectivity index (χ3v) is 2.89. The number of aliphatic hydroxyl groups is 1. The summed E-state index contributed by atoms with van der Waals surface area (Å²) in [4.78, 5) is 0. The Labute approximate surface area is 114 Å². The Hall–Kier alpha value is -2.01. The molecule has 0 radical (unpaired) electrons. The molecule has 0 spiro atoms. The van der Waals surface area contributed by atoms with Gasteiger partial charge in [-0.05, 0) is 35.7 Å². The quantitative estimate of drug-likeness (QED) is 0.922. The summed E-state index contributed by atoms with van der Waals surface area (Å²) in [5, 5.41) is 10.3. The first-order valence-corrected chi connectivity index (χ1v) is 5.96. The zero-order valence-electron chi connectivity index (χ0n) is 10.7. The third kappa shape index (κ3) is 3.51. The van der Waals surface area contributed by atoms with Crippen molar-refractivity contribution in [1.29, 1.82) is 0 Å². The van der Waals surface area contributed by atoms with E-state index in [9.17, 15) is 18.3 Å². The number of benzene rings is 2.